The molecule has 1 amide bonds. The van der Waals surface area contributed by atoms with Crippen LogP contribution in [-0.2, 0) is 0 Å². The van der Waals surface area contributed by atoms with Gasteiger partial charge in [-0.3, -0.25) is 4.79 Å². The molecule has 0 bridgehead atoms. The Bertz CT molecular complexity index is 1390. The minimum absolute atomic E-state index is 0.142. The van der Waals surface area contributed by atoms with Crippen molar-refractivity contribution >= 4 is 22.8 Å². The van der Waals surface area contributed by atoms with Crippen LogP contribution in [0.25, 0.3) is 33.4 Å². The fraction of sp³-hybridized carbons (Fsp3) is 0.333. The number of carbonyl (C=O) groups is 1. The molecule has 0 spiro atoms. The van der Waals surface area contributed by atoms with Crippen molar-refractivity contribution in [3.05, 3.63) is 54.6 Å². The molecule has 1 saturated carbocycles. The number of pyridine rings is 1. The SMILES string of the molecule is COc1ccccc1-c1c[nH]c2ncc(-c3cnc(NC4CCC(O)CC4)c(C(=O)N(C)C)n3)cc12. The Morgan fingerprint density at radius 3 is 2.64 bits per heavy atom. The number of amides is 1. The summed E-state index contributed by atoms with van der Waals surface area (Å²) >= 11 is 0. The van der Waals surface area contributed by atoms with Gasteiger partial charge in [-0.05, 0) is 37.8 Å². The summed E-state index contributed by atoms with van der Waals surface area (Å²) in [7, 11) is 5.05. The molecule has 0 saturated heterocycles. The van der Waals surface area contributed by atoms with Crippen molar-refractivity contribution < 1.29 is 14.6 Å². The Morgan fingerprint density at radius 2 is 1.89 bits per heavy atom. The van der Waals surface area contributed by atoms with Crippen molar-refractivity contribution in [1.82, 2.24) is 24.8 Å². The van der Waals surface area contributed by atoms with Gasteiger partial charge in [0.2, 0.25) is 0 Å². The van der Waals surface area contributed by atoms with Gasteiger partial charge >= 0.3 is 0 Å². The maximum atomic E-state index is 13.0. The van der Waals surface area contributed by atoms with Crippen molar-refractivity contribution in [2.45, 2.75) is 37.8 Å². The molecular formula is C27H30N6O3. The van der Waals surface area contributed by atoms with Gasteiger partial charge in [-0.25, -0.2) is 15.0 Å². The molecule has 0 radical (unpaired) electrons. The zero-order chi connectivity index (χ0) is 25.2. The van der Waals surface area contributed by atoms with Gasteiger partial charge in [0.25, 0.3) is 5.91 Å². The maximum absolute atomic E-state index is 13.0. The highest BCUT2D eigenvalue weighted by Gasteiger charge is 2.24. The molecule has 0 atom stereocenters. The second-order valence-corrected chi connectivity index (χ2v) is 9.32. The third-order valence-corrected chi connectivity index (χ3v) is 6.64. The lowest BCUT2D eigenvalue weighted by Crippen LogP contribution is -2.31. The van der Waals surface area contributed by atoms with Crippen LogP contribution in [0.2, 0.25) is 0 Å². The molecule has 3 aromatic heterocycles. The van der Waals surface area contributed by atoms with E-state index in [9.17, 15) is 9.90 Å². The number of aliphatic hydroxyl groups is 1. The number of para-hydroxylation sites is 1. The normalized spacial score (nSPS) is 17.7. The van der Waals surface area contributed by atoms with E-state index in [2.05, 4.69) is 20.3 Å². The van der Waals surface area contributed by atoms with Gasteiger partial charge < -0.3 is 25.0 Å². The van der Waals surface area contributed by atoms with E-state index in [-0.39, 0.29) is 23.7 Å². The molecule has 0 aliphatic heterocycles. The van der Waals surface area contributed by atoms with Crippen LogP contribution in [0.15, 0.2) is 48.9 Å². The van der Waals surface area contributed by atoms with Crippen molar-refractivity contribution in [3.63, 3.8) is 0 Å². The van der Waals surface area contributed by atoms with Crippen LogP contribution in [0, 0.1) is 0 Å². The molecule has 1 aliphatic rings. The zero-order valence-corrected chi connectivity index (χ0v) is 20.7. The number of hydrogen-bond acceptors (Lipinski definition) is 7. The van der Waals surface area contributed by atoms with E-state index in [1.807, 2.05) is 36.5 Å². The van der Waals surface area contributed by atoms with Gasteiger partial charge in [0, 0.05) is 54.6 Å². The summed E-state index contributed by atoms with van der Waals surface area (Å²) in [6, 6.07) is 9.98. The molecular weight excluding hydrogens is 456 g/mol. The third-order valence-electron chi connectivity index (χ3n) is 6.64. The number of aromatic nitrogens is 4. The number of carbonyl (C=O) groups excluding carboxylic acids is 1. The van der Waals surface area contributed by atoms with Crippen LogP contribution in [0.1, 0.15) is 36.2 Å². The maximum Gasteiger partial charge on any atom is 0.275 e. The Labute approximate surface area is 209 Å². The number of hydrogen-bond donors (Lipinski definition) is 3. The molecule has 186 valence electrons. The summed E-state index contributed by atoms with van der Waals surface area (Å²) in [5, 5.41) is 14.1. The van der Waals surface area contributed by atoms with Gasteiger partial charge in [0.15, 0.2) is 11.5 Å². The van der Waals surface area contributed by atoms with E-state index < -0.39 is 0 Å². The number of nitrogens with one attached hydrogen (secondary N) is 2. The number of fused-ring (bicyclic) bond motifs is 1. The number of aliphatic hydroxyl groups excluding tert-OH is 1. The fourth-order valence-corrected chi connectivity index (χ4v) is 4.64. The first-order valence-electron chi connectivity index (χ1n) is 12.1. The summed E-state index contributed by atoms with van der Waals surface area (Å²) in [4.78, 5) is 31.7. The predicted octanol–water partition coefficient (Wildman–Crippen LogP) is 4.11. The average molecular weight is 487 g/mol. The molecule has 1 aliphatic carbocycles. The molecule has 0 unspecified atom stereocenters. The summed E-state index contributed by atoms with van der Waals surface area (Å²) in [6.07, 6.45) is 8.17. The first-order valence-corrected chi connectivity index (χ1v) is 12.1. The summed E-state index contributed by atoms with van der Waals surface area (Å²) < 4.78 is 5.56. The Morgan fingerprint density at radius 1 is 1.11 bits per heavy atom. The number of ether oxygens (including phenoxy) is 1. The minimum atomic E-state index is -0.254. The Hall–Kier alpha value is -3.98. The number of benzene rings is 1. The number of aromatic amines is 1. The van der Waals surface area contributed by atoms with Crippen LogP contribution in [-0.4, -0.2) is 69.2 Å². The van der Waals surface area contributed by atoms with Crippen LogP contribution in [0.3, 0.4) is 0 Å². The van der Waals surface area contributed by atoms with Crippen molar-refractivity contribution in [2.75, 3.05) is 26.5 Å². The van der Waals surface area contributed by atoms with Crippen LogP contribution < -0.4 is 10.1 Å². The van der Waals surface area contributed by atoms with Gasteiger partial charge in [0.1, 0.15) is 11.4 Å². The molecule has 9 heteroatoms. The standard InChI is InChI=1S/C27H30N6O3/c1-33(2)27(35)24-26(31-17-8-10-18(34)11-9-17)30-15-22(32-24)16-12-20-21(14-29-25(20)28-13-16)19-6-4-5-7-23(19)36-3/h4-7,12-15,17-18,34H,8-11H2,1-3H3,(H,28,29)(H,30,31). The number of nitrogens with zero attached hydrogens (tertiary/aromatic N) is 4. The molecule has 3 heterocycles. The van der Waals surface area contributed by atoms with Gasteiger partial charge in [-0.1, -0.05) is 18.2 Å². The average Bonchev–Trinajstić information content (AvgIpc) is 3.33. The summed E-state index contributed by atoms with van der Waals surface area (Å²) in [6.45, 7) is 0. The van der Waals surface area contributed by atoms with Crippen molar-refractivity contribution in [1.29, 1.82) is 0 Å². The third kappa shape index (κ3) is 4.61. The molecule has 36 heavy (non-hydrogen) atoms. The Kier molecular flexibility index (Phi) is 6.56. The smallest absolute Gasteiger partial charge is 0.275 e. The van der Waals surface area contributed by atoms with E-state index in [1.54, 1.807) is 33.6 Å². The van der Waals surface area contributed by atoms with Crippen molar-refractivity contribution in [2.24, 2.45) is 0 Å². The second kappa shape index (κ2) is 9.94. The lowest BCUT2D eigenvalue weighted by atomic mass is 9.93. The largest absolute Gasteiger partial charge is 0.496 e. The summed E-state index contributed by atoms with van der Waals surface area (Å²) in [5.74, 6) is 1.01. The first-order chi connectivity index (χ1) is 17.4. The van der Waals surface area contributed by atoms with Gasteiger partial charge in [0.05, 0.1) is 25.1 Å². The molecule has 3 N–H and O–H groups in total. The second-order valence-electron chi connectivity index (χ2n) is 9.32. The zero-order valence-electron chi connectivity index (χ0n) is 20.7. The fourth-order valence-electron chi connectivity index (χ4n) is 4.64. The lowest BCUT2D eigenvalue weighted by molar-refractivity contribution is 0.0822. The van der Waals surface area contributed by atoms with E-state index in [1.165, 1.54) is 4.90 Å². The quantitative estimate of drug-likeness (QED) is 0.375. The molecule has 5 rings (SSSR count). The van der Waals surface area contributed by atoms with E-state index in [4.69, 9.17) is 9.72 Å². The van der Waals surface area contributed by atoms with E-state index in [0.29, 0.717) is 11.5 Å². The van der Waals surface area contributed by atoms with Gasteiger partial charge in [-0.15, -0.1) is 0 Å². The highest BCUT2D eigenvalue weighted by atomic mass is 16.5. The van der Waals surface area contributed by atoms with Crippen LogP contribution in [0.5, 0.6) is 5.75 Å². The Balaban J connectivity index is 1.53. The van der Waals surface area contributed by atoms with Crippen molar-refractivity contribution in [3.8, 4) is 28.1 Å². The van der Waals surface area contributed by atoms with Gasteiger partial charge in [-0.2, -0.15) is 0 Å². The van der Waals surface area contributed by atoms with E-state index >= 15 is 0 Å². The number of rotatable bonds is 6. The minimum Gasteiger partial charge on any atom is -0.496 e. The first kappa shape index (κ1) is 23.7. The number of H-pyrrole nitrogens is 1. The number of anilines is 1. The molecule has 4 aromatic rings. The number of methoxy groups -OCH3 is 1. The highest BCUT2D eigenvalue weighted by molar-refractivity contribution is 5.98. The predicted molar refractivity (Wildman–Crippen MR) is 139 cm³/mol. The molecule has 1 aromatic carbocycles. The monoisotopic (exact) mass is 486 g/mol. The lowest BCUT2D eigenvalue weighted by Gasteiger charge is -2.27. The highest BCUT2D eigenvalue weighted by Crippen LogP contribution is 2.36. The summed E-state index contributed by atoms with van der Waals surface area (Å²) in [5.41, 5.74) is 4.25. The van der Waals surface area contributed by atoms with E-state index in [0.717, 1.165) is 59.2 Å². The molecule has 9 nitrogen and oxygen atoms in total. The van der Waals surface area contributed by atoms with Crippen LogP contribution >= 0.6 is 0 Å². The molecule has 1 fully saturated rings. The van der Waals surface area contributed by atoms with Crippen LogP contribution in [0.4, 0.5) is 5.82 Å². The topological polar surface area (TPSA) is 116 Å².